The number of nitrogens with zero attached hydrogens (tertiary/aromatic N) is 1. The van der Waals surface area contributed by atoms with Crippen molar-refractivity contribution in [1.29, 1.82) is 0 Å². The van der Waals surface area contributed by atoms with Crippen LogP contribution in [0.1, 0.15) is 18.1 Å². The second kappa shape index (κ2) is 9.79. The van der Waals surface area contributed by atoms with Crippen molar-refractivity contribution < 1.29 is 9.47 Å². The number of ether oxygens (including phenoxy) is 2. The van der Waals surface area contributed by atoms with Crippen LogP contribution in [0.3, 0.4) is 0 Å². The summed E-state index contributed by atoms with van der Waals surface area (Å²) in [4.78, 5) is 4.24. The van der Waals surface area contributed by atoms with Crippen LogP contribution in [0, 0.1) is 0 Å². The molecule has 2 N–H and O–H groups in total. The molecule has 0 heterocycles. The van der Waals surface area contributed by atoms with Gasteiger partial charge in [0.25, 0.3) is 0 Å². The molecule has 0 aliphatic rings. The fourth-order valence-corrected chi connectivity index (χ4v) is 2.42. The van der Waals surface area contributed by atoms with E-state index in [0.29, 0.717) is 19.7 Å². The third-order valence-electron chi connectivity index (χ3n) is 3.58. The Labute approximate surface area is 154 Å². The molecule has 2 aromatic rings. The van der Waals surface area contributed by atoms with Gasteiger partial charge in [0.05, 0.1) is 13.7 Å². The molecule has 0 aromatic heterocycles. The van der Waals surface area contributed by atoms with Crippen molar-refractivity contribution in [1.82, 2.24) is 10.6 Å². The molecule has 0 radical (unpaired) electrons. The lowest BCUT2D eigenvalue weighted by Gasteiger charge is -2.14. The number of hydrogen-bond donors (Lipinski definition) is 2. The van der Waals surface area contributed by atoms with Crippen LogP contribution in [0.2, 0.25) is 5.02 Å². The summed E-state index contributed by atoms with van der Waals surface area (Å²) in [5, 5.41) is 7.29. The third kappa shape index (κ3) is 5.87. The first kappa shape index (κ1) is 18.9. The van der Waals surface area contributed by atoms with E-state index in [1.54, 1.807) is 14.2 Å². The van der Waals surface area contributed by atoms with E-state index in [4.69, 9.17) is 21.1 Å². The Balaban J connectivity index is 1.90. The standard InChI is InChI=1S/C19H24ClN3O2/c1-4-25-17-10-7-15(11-18(17)24-3)13-23-19(21-2)22-12-14-5-8-16(20)9-6-14/h5-11H,4,12-13H2,1-3H3,(H2,21,22,23). The van der Waals surface area contributed by atoms with Crippen molar-refractivity contribution in [3.8, 4) is 11.5 Å². The maximum absolute atomic E-state index is 5.90. The van der Waals surface area contributed by atoms with E-state index in [1.807, 2.05) is 49.4 Å². The summed E-state index contributed by atoms with van der Waals surface area (Å²) in [6.07, 6.45) is 0. The van der Waals surface area contributed by atoms with Crippen molar-refractivity contribution in [2.75, 3.05) is 20.8 Å². The first-order chi connectivity index (χ1) is 12.2. The van der Waals surface area contributed by atoms with Gasteiger partial charge < -0.3 is 20.1 Å². The van der Waals surface area contributed by atoms with Crippen molar-refractivity contribution in [2.24, 2.45) is 4.99 Å². The Hall–Kier alpha value is -2.40. The highest BCUT2D eigenvalue weighted by atomic mass is 35.5. The quantitative estimate of drug-likeness (QED) is 0.584. The lowest BCUT2D eigenvalue weighted by Crippen LogP contribution is -2.36. The van der Waals surface area contributed by atoms with Crippen molar-refractivity contribution in [3.63, 3.8) is 0 Å². The number of benzene rings is 2. The smallest absolute Gasteiger partial charge is 0.191 e. The zero-order chi connectivity index (χ0) is 18.1. The largest absolute Gasteiger partial charge is 0.493 e. The second-order valence-corrected chi connectivity index (χ2v) is 5.76. The minimum absolute atomic E-state index is 0.606. The number of guanidine groups is 1. The second-order valence-electron chi connectivity index (χ2n) is 5.32. The topological polar surface area (TPSA) is 54.9 Å². The molecule has 0 aliphatic carbocycles. The predicted molar refractivity (Wildman–Crippen MR) is 103 cm³/mol. The highest BCUT2D eigenvalue weighted by Crippen LogP contribution is 2.27. The first-order valence-electron chi connectivity index (χ1n) is 8.15. The van der Waals surface area contributed by atoms with Crippen molar-refractivity contribution in [2.45, 2.75) is 20.0 Å². The first-order valence-corrected chi connectivity index (χ1v) is 8.52. The fourth-order valence-electron chi connectivity index (χ4n) is 2.29. The number of hydrogen-bond acceptors (Lipinski definition) is 3. The molecule has 0 saturated carbocycles. The van der Waals surface area contributed by atoms with E-state index in [1.165, 1.54) is 0 Å². The van der Waals surface area contributed by atoms with Gasteiger partial charge in [-0.15, -0.1) is 0 Å². The summed E-state index contributed by atoms with van der Waals surface area (Å²) in [5.41, 5.74) is 2.21. The number of methoxy groups -OCH3 is 1. The average Bonchev–Trinajstić information content (AvgIpc) is 2.64. The molecule has 0 bridgehead atoms. The van der Waals surface area contributed by atoms with E-state index in [-0.39, 0.29) is 0 Å². The van der Waals surface area contributed by atoms with Crippen LogP contribution in [0.15, 0.2) is 47.5 Å². The molecule has 2 rings (SSSR count). The molecule has 0 fully saturated rings. The van der Waals surface area contributed by atoms with E-state index < -0.39 is 0 Å². The molecule has 5 nitrogen and oxygen atoms in total. The van der Waals surface area contributed by atoms with Crippen LogP contribution in [-0.4, -0.2) is 26.7 Å². The highest BCUT2D eigenvalue weighted by molar-refractivity contribution is 6.30. The van der Waals surface area contributed by atoms with Gasteiger partial charge in [-0.3, -0.25) is 4.99 Å². The van der Waals surface area contributed by atoms with Crippen LogP contribution in [0.5, 0.6) is 11.5 Å². The molecule has 6 heteroatoms. The van der Waals surface area contributed by atoms with Gasteiger partial charge in [0.2, 0.25) is 0 Å². The molecule has 0 aliphatic heterocycles. The molecule has 0 unspecified atom stereocenters. The van der Waals surface area contributed by atoms with E-state index in [0.717, 1.165) is 33.6 Å². The maximum Gasteiger partial charge on any atom is 0.191 e. The number of rotatable bonds is 7. The lowest BCUT2D eigenvalue weighted by molar-refractivity contribution is 0.310. The minimum atomic E-state index is 0.606. The Morgan fingerprint density at radius 3 is 2.24 bits per heavy atom. The van der Waals surface area contributed by atoms with Gasteiger partial charge in [-0.2, -0.15) is 0 Å². The Kier molecular flexibility index (Phi) is 7.41. The van der Waals surface area contributed by atoms with Crippen molar-refractivity contribution in [3.05, 3.63) is 58.6 Å². The molecule has 25 heavy (non-hydrogen) atoms. The van der Waals surface area contributed by atoms with Gasteiger partial charge in [-0.05, 0) is 42.3 Å². The summed E-state index contributed by atoms with van der Waals surface area (Å²) in [6, 6.07) is 13.6. The van der Waals surface area contributed by atoms with Crippen LogP contribution >= 0.6 is 11.6 Å². The SMILES string of the molecule is CCOc1ccc(CNC(=NC)NCc2ccc(Cl)cc2)cc1OC. The van der Waals surface area contributed by atoms with Crippen LogP contribution in [0.4, 0.5) is 0 Å². The van der Waals surface area contributed by atoms with E-state index in [9.17, 15) is 0 Å². The number of nitrogens with one attached hydrogen (secondary N) is 2. The van der Waals surface area contributed by atoms with E-state index in [2.05, 4.69) is 15.6 Å². The summed E-state index contributed by atoms with van der Waals surface area (Å²) in [5.74, 6) is 2.20. The minimum Gasteiger partial charge on any atom is -0.493 e. The maximum atomic E-state index is 5.90. The predicted octanol–water partition coefficient (Wildman–Crippen LogP) is 3.61. The molecular weight excluding hydrogens is 338 g/mol. The van der Waals surface area contributed by atoms with Crippen molar-refractivity contribution >= 4 is 17.6 Å². The Bertz CT molecular complexity index is 702. The van der Waals surface area contributed by atoms with Gasteiger partial charge in [-0.25, -0.2) is 0 Å². The van der Waals surface area contributed by atoms with Gasteiger partial charge >= 0.3 is 0 Å². The zero-order valence-electron chi connectivity index (χ0n) is 14.8. The van der Waals surface area contributed by atoms with Crippen LogP contribution < -0.4 is 20.1 Å². The summed E-state index contributed by atoms with van der Waals surface area (Å²) in [6.45, 7) is 3.85. The molecular formula is C19H24ClN3O2. The average molecular weight is 362 g/mol. The van der Waals surface area contributed by atoms with Gasteiger partial charge in [0.1, 0.15) is 0 Å². The number of halogens is 1. The van der Waals surface area contributed by atoms with Gasteiger partial charge in [0.15, 0.2) is 17.5 Å². The molecule has 0 spiro atoms. The molecule has 0 amide bonds. The Morgan fingerprint density at radius 1 is 1.00 bits per heavy atom. The summed E-state index contributed by atoms with van der Waals surface area (Å²) in [7, 11) is 3.39. The van der Waals surface area contributed by atoms with Gasteiger partial charge in [-0.1, -0.05) is 29.8 Å². The zero-order valence-corrected chi connectivity index (χ0v) is 15.6. The summed E-state index contributed by atoms with van der Waals surface area (Å²) < 4.78 is 10.9. The fraction of sp³-hybridized carbons (Fsp3) is 0.316. The molecule has 0 atom stereocenters. The summed E-state index contributed by atoms with van der Waals surface area (Å²) >= 11 is 5.90. The Morgan fingerprint density at radius 2 is 1.64 bits per heavy atom. The third-order valence-corrected chi connectivity index (χ3v) is 3.84. The van der Waals surface area contributed by atoms with Crippen LogP contribution in [-0.2, 0) is 13.1 Å². The van der Waals surface area contributed by atoms with Crippen LogP contribution in [0.25, 0.3) is 0 Å². The lowest BCUT2D eigenvalue weighted by atomic mass is 10.2. The highest BCUT2D eigenvalue weighted by Gasteiger charge is 2.06. The number of aliphatic imine (C=N–C) groups is 1. The molecule has 2 aromatic carbocycles. The molecule has 134 valence electrons. The normalized spacial score (nSPS) is 11.1. The monoisotopic (exact) mass is 361 g/mol. The van der Waals surface area contributed by atoms with Gasteiger partial charge in [0, 0.05) is 25.2 Å². The van der Waals surface area contributed by atoms with E-state index >= 15 is 0 Å². The molecule has 0 saturated heterocycles.